The van der Waals surface area contributed by atoms with Crippen LogP contribution in [-0.4, -0.2) is 42.3 Å². The van der Waals surface area contributed by atoms with E-state index < -0.39 is 10.0 Å². The molecule has 1 saturated heterocycles. The summed E-state index contributed by atoms with van der Waals surface area (Å²) in [4.78, 5) is 15.8. The molecule has 0 spiro atoms. The number of amides is 1. The van der Waals surface area contributed by atoms with Crippen molar-refractivity contribution in [2.75, 3.05) is 18.0 Å². The van der Waals surface area contributed by atoms with E-state index in [0.717, 1.165) is 43.4 Å². The molecular weight excluding hydrogens is 398 g/mol. The van der Waals surface area contributed by atoms with Gasteiger partial charge in [-0.25, -0.2) is 8.42 Å². The summed E-state index contributed by atoms with van der Waals surface area (Å²) in [6.45, 7) is 6.72. The molecule has 7 heteroatoms. The second-order valence-electron chi connectivity index (χ2n) is 8.62. The summed E-state index contributed by atoms with van der Waals surface area (Å²) in [5, 5.41) is 0. The van der Waals surface area contributed by atoms with E-state index in [1.54, 1.807) is 29.8 Å². The number of carbonyl (C=O) groups is 1. The number of para-hydroxylation sites is 1. The first-order valence-corrected chi connectivity index (χ1v) is 12.3. The quantitative estimate of drug-likeness (QED) is 0.746. The van der Waals surface area contributed by atoms with Crippen LogP contribution >= 0.6 is 0 Å². The molecule has 2 aromatic rings. The molecule has 0 radical (unpaired) electrons. The Hall–Kier alpha value is -2.12. The third-order valence-corrected chi connectivity index (χ3v) is 8.82. The molecule has 2 aliphatic rings. The van der Waals surface area contributed by atoms with Gasteiger partial charge in [-0.3, -0.25) is 4.79 Å². The van der Waals surface area contributed by atoms with Crippen molar-refractivity contribution in [3.63, 3.8) is 0 Å². The van der Waals surface area contributed by atoms with Crippen LogP contribution in [0.25, 0.3) is 0 Å². The van der Waals surface area contributed by atoms with Crippen LogP contribution in [-0.2, 0) is 23.5 Å². The Morgan fingerprint density at radius 1 is 1.03 bits per heavy atom. The SMILES string of the molecule is Cc1c(S(=O)(=O)N2CCCCCC2)c(C)n(C)c1C(=O)N1c2ccccc2C[C@@H]1C. The Kier molecular flexibility index (Phi) is 5.53. The molecule has 0 unspecified atom stereocenters. The zero-order valence-corrected chi connectivity index (χ0v) is 19.1. The predicted octanol–water partition coefficient (Wildman–Crippen LogP) is 3.80. The van der Waals surface area contributed by atoms with Crippen LogP contribution in [0.4, 0.5) is 5.69 Å². The van der Waals surface area contributed by atoms with Gasteiger partial charge in [-0.05, 0) is 51.7 Å². The molecular formula is C23H31N3O3S. The molecule has 30 heavy (non-hydrogen) atoms. The van der Waals surface area contributed by atoms with Crippen molar-refractivity contribution < 1.29 is 13.2 Å². The highest BCUT2D eigenvalue weighted by atomic mass is 32.2. The molecule has 0 saturated carbocycles. The summed E-state index contributed by atoms with van der Waals surface area (Å²) in [6.07, 6.45) is 4.71. The molecule has 1 aromatic carbocycles. The number of fused-ring (bicyclic) bond motifs is 1. The van der Waals surface area contributed by atoms with Gasteiger partial charge in [-0.2, -0.15) is 4.31 Å². The van der Waals surface area contributed by atoms with Gasteiger partial charge in [0.15, 0.2) is 0 Å². The minimum atomic E-state index is -3.64. The van der Waals surface area contributed by atoms with Gasteiger partial charge in [0.05, 0.1) is 0 Å². The molecule has 2 aliphatic heterocycles. The lowest BCUT2D eigenvalue weighted by Crippen LogP contribution is -2.37. The van der Waals surface area contributed by atoms with E-state index in [9.17, 15) is 13.2 Å². The number of hydrogen-bond acceptors (Lipinski definition) is 3. The van der Waals surface area contributed by atoms with Gasteiger partial charge in [-0.15, -0.1) is 0 Å². The van der Waals surface area contributed by atoms with Crippen molar-refractivity contribution in [3.8, 4) is 0 Å². The van der Waals surface area contributed by atoms with E-state index in [0.29, 0.717) is 34.9 Å². The molecule has 3 heterocycles. The van der Waals surface area contributed by atoms with E-state index in [4.69, 9.17) is 0 Å². The van der Waals surface area contributed by atoms with Gasteiger partial charge in [0, 0.05) is 43.1 Å². The van der Waals surface area contributed by atoms with E-state index in [-0.39, 0.29) is 11.9 Å². The van der Waals surface area contributed by atoms with Crippen LogP contribution in [0.15, 0.2) is 29.2 Å². The molecule has 4 rings (SSSR count). The van der Waals surface area contributed by atoms with Crippen molar-refractivity contribution in [2.45, 2.75) is 63.8 Å². The number of rotatable bonds is 3. The van der Waals surface area contributed by atoms with Crippen LogP contribution < -0.4 is 4.90 Å². The topological polar surface area (TPSA) is 62.6 Å². The van der Waals surface area contributed by atoms with E-state index in [2.05, 4.69) is 6.07 Å². The minimum Gasteiger partial charge on any atom is -0.342 e. The summed E-state index contributed by atoms with van der Waals surface area (Å²) >= 11 is 0. The minimum absolute atomic E-state index is 0.0372. The van der Waals surface area contributed by atoms with Gasteiger partial charge in [0.2, 0.25) is 10.0 Å². The Balaban J connectivity index is 1.77. The maximum absolute atomic E-state index is 13.7. The Morgan fingerprint density at radius 3 is 2.33 bits per heavy atom. The van der Waals surface area contributed by atoms with Crippen molar-refractivity contribution >= 4 is 21.6 Å². The first kappa shape index (κ1) is 21.1. The highest BCUT2D eigenvalue weighted by Gasteiger charge is 2.37. The van der Waals surface area contributed by atoms with E-state index in [1.807, 2.05) is 30.0 Å². The molecule has 1 atom stereocenters. The second-order valence-corrected chi connectivity index (χ2v) is 10.5. The average Bonchev–Trinajstić information content (AvgIpc) is 2.97. The second kappa shape index (κ2) is 7.85. The van der Waals surface area contributed by atoms with E-state index in [1.165, 1.54) is 0 Å². The fourth-order valence-electron chi connectivity index (χ4n) is 5.03. The third kappa shape index (κ3) is 3.28. The lowest BCUT2D eigenvalue weighted by molar-refractivity contribution is 0.0972. The number of benzene rings is 1. The zero-order chi connectivity index (χ0) is 21.6. The molecule has 0 aliphatic carbocycles. The summed E-state index contributed by atoms with van der Waals surface area (Å²) < 4.78 is 30.5. The predicted molar refractivity (Wildman–Crippen MR) is 119 cm³/mol. The fraction of sp³-hybridized carbons (Fsp3) is 0.522. The van der Waals surface area contributed by atoms with Crippen LogP contribution in [0.1, 0.15) is 59.9 Å². The van der Waals surface area contributed by atoms with Gasteiger partial charge in [-0.1, -0.05) is 31.0 Å². The molecule has 162 valence electrons. The number of anilines is 1. The average molecular weight is 430 g/mol. The Bertz CT molecular complexity index is 1080. The lowest BCUT2D eigenvalue weighted by Gasteiger charge is -2.23. The van der Waals surface area contributed by atoms with Crippen LogP contribution in [0.5, 0.6) is 0 Å². The summed E-state index contributed by atoms with van der Waals surface area (Å²) in [5.41, 5.74) is 3.72. The molecule has 0 N–H and O–H groups in total. The number of carbonyl (C=O) groups excluding carboxylic acids is 1. The summed E-state index contributed by atoms with van der Waals surface area (Å²) in [5.74, 6) is -0.132. The molecule has 1 fully saturated rings. The molecule has 0 bridgehead atoms. The van der Waals surface area contributed by atoms with Crippen LogP contribution in [0, 0.1) is 13.8 Å². The lowest BCUT2D eigenvalue weighted by atomic mass is 10.1. The zero-order valence-electron chi connectivity index (χ0n) is 18.3. The normalized spacial score (nSPS) is 20.3. The molecule has 6 nitrogen and oxygen atoms in total. The maximum Gasteiger partial charge on any atom is 0.275 e. The van der Waals surface area contributed by atoms with Crippen molar-refractivity contribution in [1.29, 1.82) is 0 Å². The number of nitrogens with zero attached hydrogens (tertiary/aromatic N) is 3. The summed E-state index contributed by atoms with van der Waals surface area (Å²) in [7, 11) is -1.84. The monoisotopic (exact) mass is 429 g/mol. The highest BCUT2D eigenvalue weighted by Crippen LogP contribution is 2.36. The first-order chi connectivity index (χ1) is 14.2. The van der Waals surface area contributed by atoms with Crippen LogP contribution in [0.3, 0.4) is 0 Å². The molecule has 1 aromatic heterocycles. The molecule has 1 amide bonds. The number of sulfonamides is 1. The maximum atomic E-state index is 13.7. The fourth-order valence-corrected chi connectivity index (χ4v) is 7.03. The van der Waals surface area contributed by atoms with E-state index >= 15 is 0 Å². The standard InChI is InChI=1S/C23H31N3O3S/c1-16-15-19-11-7-8-12-20(19)26(16)23(27)21-17(2)22(18(3)24(21)4)30(28,29)25-13-9-5-6-10-14-25/h7-8,11-12,16H,5-6,9-10,13-15H2,1-4H3/t16-/m0/s1. The van der Waals surface area contributed by atoms with Gasteiger partial charge in [0.25, 0.3) is 5.91 Å². The van der Waals surface area contributed by atoms with Crippen molar-refractivity contribution in [3.05, 3.63) is 46.8 Å². The van der Waals surface area contributed by atoms with Gasteiger partial charge < -0.3 is 9.47 Å². The smallest absolute Gasteiger partial charge is 0.275 e. The number of hydrogen-bond donors (Lipinski definition) is 0. The Morgan fingerprint density at radius 2 is 1.67 bits per heavy atom. The number of aromatic nitrogens is 1. The highest BCUT2D eigenvalue weighted by molar-refractivity contribution is 7.89. The van der Waals surface area contributed by atoms with Crippen LogP contribution in [0.2, 0.25) is 0 Å². The largest absolute Gasteiger partial charge is 0.342 e. The first-order valence-electron chi connectivity index (χ1n) is 10.8. The summed E-state index contributed by atoms with van der Waals surface area (Å²) in [6, 6.07) is 7.99. The van der Waals surface area contributed by atoms with Crippen molar-refractivity contribution in [2.24, 2.45) is 7.05 Å². The van der Waals surface area contributed by atoms with Gasteiger partial charge in [0.1, 0.15) is 10.6 Å². The third-order valence-electron chi connectivity index (χ3n) is 6.65. The van der Waals surface area contributed by atoms with Crippen molar-refractivity contribution in [1.82, 2.24) is 8.87 Å². The Labute approximate surface area is 179 Å². The van der Waals surface area contributed by atoms with Gasteiger partial charge >= 0.3 is 0 Å².